The molecule has 5 heterocycles. The lowest BCUT2D eigenvalue weighted by Crippen LogP contribution is -2.81. The average molecular weight is 569 g/mol. The Morgan fingerprint density at radius 1 is 0.512 bits per heavy atom. The third kappa shape index (κ3) is 3.49. The number of aromatic nitrogens is 1. The van der Waals surface area contributed by atoms with Gasteiger partial charge in [-0.1, -0.05) is 72.8 Å². The summed E-state index contributed by atoms with van der Waals surface area (Å²) in [5.74, 6) is 0. The first-order valence-corrected chi connectivity index (χ1v) is 15.5. The van der Waals surface area contributed by atoms with Crippen molar-refractivity contribution in [2.75, 3.05) is 0 Å². The lowest BCUT2D eigenvalue weighted by molar-refractivity contribution is -0.523. The minimum Gasteiger partial charge on any atom is -0.408 e. The number of nitrogens with zero attached hydrogens (tertiary/aromatic N) is 1. The van der Waals surface area contributed by atoms with Gasteiger partial charge in [0.15, 0.2) is 5.69 Å². The molecule has 0 aliphatic carbocycles. The summed E-state index contributed by atoms with van der Waals surface area (Å²) >= 11 is 0. The van der Waals surface area contributed by atoms with E-state index in [1.54, 1.807) is 0 Å². The number of benzene rings is 3. The number of hydrogen-bond donors (Lipinski definition) is 0. The van der Waals surface area contributed by atoms with Crippen LogP contribution in [0.15, 0.2) is 85.1 Å². The SMILES string of the molecule is CC1(C)OB(c2ccc3c(c2)[B-]2(c4ccccc4-c4ccccc42)[n+]2cc(B4OC(C)(C)C(C)(C)O4)ccc2-3)OC1(C)C. The second kappa shape index (κ2) is 8.51. The molecule has 216 valence electrons. The molecular weight excluding hydrogens is 531 g/mol. The minimum absolute atomic E-state index is 0.415. The molecule has 4 aromatic rings. The molecule has 0 N–H and O–H groups in total. The smallest absolute Gasteiger partial charge is 0.408 e. The largest absolute Gasteiger partial charge is 0.500 e. The standard InChI is InChI=1S/C35H38B3NO4/c1-32(2)33(3,4)41-36(40-32)23-17-19-27-30(21-23)38(28-15-11-9-13-25(28)26-14-10-12-16-29(26)38)39-22-24(18-20-31(27)39)37-42-34(5,6)35(7,8)43-37/h9-22H,1-8H3. The van der Waals surface area contributed by atoms with Crippen molar-refractivity contribution in [3.63, 3.8) is 0 Å². The number of rotatable bonds is 2. The molecule has 1 aromatic heterocycles. The Labute approximate surface area is 255 Å². The van der Waals surface area contributed by atoms with Crippen molar-refractivity contribution >= 4 is 47.8 Å². The molecule has 43 heavy (non-hydrogen) atoms. The molecule has 3 aromatic carbocycles. The lowest BCUT2D eigenvalue weighted by Gasteiger charge is -2.32. The van der Waals surface area contributed by atoms with Crippen molar-refractivity contribution in [1.29, 1.82) is 0 Å². The summed E-state index contributed by atoms with van der Waals surface area (Å²) in [5.41, 5.74) is 9.31. The highest BCUT2D eigenvalue weighted by atomic mass is 16.7. The first-order chi connectivity index (χ1) is 20.3. The van der Waals surface area contributed by atoms with Gasteiger partial charge in [-0.3, -0.25) is 0 Å². The van der Waals surface area contributed by atoms with Crippen LogP contribution in [0, 0.1) is 0 Å². The van der Waals surface area contributed by atoms with E-state index in [1.165, 1.54) is 38.8 Å². The molecule has 0 amide bonds. The van der Waals surface area contributed by atoms with E-state index in [1.807, 2.05) is 0 Å². The van der Waals surface area contributed by atoms with E-state index in [-0.39, 0.29) is 0 Å². The summed E-state index contributed by atoms with van der Waals surface area (Å²) in [7, 11) is -0.893. The zero-order valence-electron chi connectivity index (χ0n) is 26.4. The second-order valence-corrected chi connectivity index (χ2v) is 14.8. The highest BCUT2D eigenvalue weighted by Gasteiger charge is 2.58. The van der Waals surface area contributed by atoms with Gasteiger partial charge in [-0.05, 0) is 72.0 Å². The molecular formula is C35H38B3NO4. The Bertz CT molecular complexity index is 1670. The highest BCUT2D eigenvalue weighted by Crippen LogP contribution is 2.39. The number of pyridine rings is 1. The van der Waals surface area contributed by atoms with Crippen LogP contribution in [0.1, 0.15) is 55.4 Å². The van der Waals surface area contributed by atoms with Crippen molar-refractivity contribution < 1.29 is 23.1 Å². The molecule has 5 nitrogen and oxygen atoms in total. The Morgan fingerprint density at radius 3 is 1.51 bits per heavy atom. The zero-order chi connectivity index (χ0) is 30.2. The minimum atomic E-state index is -1.56. The molecule has 2 saturated heterocycles. The van der Waals surface area contributed by atoms with Gasteiger partial charge in [-0.15, -0.1) is 16.4 Å². The van der Waals surface area contributed by atoms with Gasteiger partial charge >= 0.3 is 20.5 Å². The van der Waals surface area contributed by atoms with E-state index < -0.39 is 42.9 Å². The lowest BCUT2D eigenvalue weighted by atomic mass is 9.26. The fraction of sp³-hybridized carbons (Fsp3) is 0.343. The molecule has 4 aliphatic rings. The molecule has 2 fully saturated rings. The normalized spacial score (nSPS) is 22.4. The predicted octanol–water partition coefficient (Wildman–Crippen LogP) is 3.05. The van der Waals surface area contributed by atoms with Gasteiger partial charge < -0.3 is 23.1 Å². The topological polar surface area (TPSA) is 40.8 Å². The van der Waals surface area contributed by atoms with E-state index in [4.69, 9.17) is 18.6 Å². The Kier molecular flexibility index (Phi) is 5.42. The molecule has 0 saturated carbocycles. The van der Waals surface area contributed by atoms with Crippen LogP contribution in [0.2, 0.25) is 0 Å². The Hall–Kier alpha value is -3.16. The summed E-state index contributed by atoms with van der Waals surface area (Å²) in [6, 6.07) is 29.0. The van der Waals surface area contributed by atoms with Gasteiger partial charge in [0.1, 0.15) is 6.20 Å². The summed E-state index contributed by atoms with van der Waals surface area (Å²) < 4.78 is 28.7. The molecule has 0 bridgehead atoms. The van der Waals surface area contributed by atoms with E-state index in [2.05, 4.69) is 145 Å². The zero-order valence-corrected chi connectivity index (χ0v) is 26.4. The quantitative estimate of drug-likeness (QED) is 0.301. The number of fused-ring (bicyclic) bond motifs is 10. The van der Waals surface area contributed by atoms with Gasteiger partial charge in [0.2, 0.25) is 0 Å². The predicted molar refractivity (Wildman–Crippen MR) is 175 cm³/mol. The van der Waals surface area contributed by atoms with E-state index >= 15 is 0 Å². The van der Waals surface area contributed by atoms with Crippen molar-refractivity contribution in [3.8, 4) is 22.4 Å². The molecule has 0 atom stereocenters. The van der Waals surface area contributed by atoms with Gasteiger partial charge in [0.25, 0.3) is 0 Å². The summed E-state index contributed by atoms with van der Waals surface area (Å²) in [6.45, 7) is 16.9. The maximum atomic E-state index is 6.55. The molecule has 8 heteroatoms. The average Bonchev–Trinajstić information content (AvgIpc) is 3.58. The van der Waals surface area contributed by atoms with Crippen LogP contribution in [0.5, 0.6) is 0 Å². The first kappa shape index (κ1) is 27.4. The van der Waals surface area contributed by atoms with Crippen molar-refractivity contribution in [3.05, 3.63) is 85.1 Å². The first-order valence-electron chi connectivity index (χ1n) is 15.5. The summed E-state index contributed by atoms with van der Waals surface area (Å²) in [6.07, 6.45) is 0.724. The third-order valence-electron chi connectivity index (χ3n) is 11.4. The third-order valence-corrected chi connectivity index (χ3v) is 11.4. The van der Waals surface area contributed by atoms with Gasteiger partial charge in [0, 0.05) is 17.1 Å². The van der Waals surface area contributed by atoms with Gasteiger partial charge in [0.05, 0.1) is 22.4 Å². The van der Waals surface area contributed by atoms with Crippen molar-refractivity contribution in [2.45, 2.75) is 77.8 Å². The van der Waals surface area contributed by atoms with Crippen molar-refractivity contribution in [2.24, 2.45) is 0 Å². The van der Waals surface area contributed by atoms with Crippen LogP contribution in [-0.2, 0) is 18.6 Å². The fourth-order valence-corrected chi connectivity index (χ4v) is 7.65. The molecule has 1 spiro atoms. The molecule has 8 rings (SSSR count). The van der Waals surface area contributed by atoms with Crippen LogP contribution < -0.4 is 31.8 Å². The van der Waals surface area contributed by atoms with Crippen LogP contribution in [0.3, 0.4) is 0 Å². The maximum Gasteiger partial charge on any atom is 0.500 e. The molecule has 0 radical (unpaired) electrons. The van der Waals surface area contributed by atoms with Gasteiger partial charge in [-0.2, -0.15) is 0 Å². The Morgan fingerprint density at radius 2 is 0.977 bits per heavy atom. The molecule has 0 unspecified atom stereocenters. The van der Waals surface area contributed by atoms with E-state index in [0.29, 0.717) is 0 Å². The fourth-order valence-electron chi connectivity index (χ4n) is 7.65. The highest BCUT2D eigenvalue weighted by molar-refractivity contribution is 7.10. The second-order valence-electron chi connectivity index (χ2n) is 14.8. The van der Waals surface area contributed by atoms with E-state index in [0.717, 1.165) is 10.9 Å². The summed E-state index contributed by atoms with van der Waals surface area (Å²) in [4.78, 5) is 0. The van der Waals surface area contributed by atoms with Crippen molar-refractivity contribution in [1.82, 2.24) is 0 Å². The maximum absolute atomic E-state index is 6.55. The van der Waals surface area contributed by atoms with E-state index in [9.17, 15) is 0 Å². The van der Waals surface area contributed by atoms with Crippen LogP contribution in [0.25, 0.3) is 22.4 Å². The van der Waals surface area contributed by atoms with Crippen LogP contribution >= 0.6 is 0 Å². The molecule has 4 aliphatic heterocycles. The summed E-state index contributed by atoms with van der Waals surface area (Å²) in [5, 5.41) is 0. The van der Waals surface area contributed by atoms with Crippen LogP contribution in [-0.4, -0.2) is 42.9 Å². The van der Waals surface area contributed by atoms with Crippen LogP contribution in [0.4, 0.5) is 0 Å². The monoisotopic (exact) mass is 569 g/mol. The number of hydrogen-bond acceptors (Lipinski definition) is 4. The van der Waals surface area contributed by atoms with Gasteiger partial charge in [-0.25, -0.2) is 0 Å². The Balaban J connectivity index is 1.37.